The topological polar surface area (TPSA) is 78.1 Å². The van der Waals surface area contributed by atoms with Crippen molar-refractivity contribution in [3.8, 4) is 0 Å². The highest BCUT2D eigenvalue weighted by Crippen LogP contribution is 2.19. The summed E-state index contributed by atoms with van der Waals surface area (Å²) in [5.41, 5.74) is 6.70. The van der Waals surface area contributed by atoms with Gasteiger partial charge in [0.1, 0.15) is 5.54 Å². The summed E-state index contributed by atoms with van der Waals surface area (Å²) in [5.74, 6) is -0.0174. The van der Waals surface area contributed by atoms with Gasteiger partial charge in [0.25, 0.3) is 0 Å². The first-order valence-electron chi connectivity index (χ1n) is 5.76. The van der Waals surface area contributed by atoms with Gasteiger partial charge in [-0.2, -0.15) is 0 Å². The van der Waals surface area contributed by atoms with E-state index in [9.17, 15) is 4.79 Å². The first-order valence-corrected chi connectivity index (χ1v) is 6.75. The number of nitrogens with two attached hydrogens (primary N) is 1. The lowest BCUT2D eigenvalue weighted by atomic mass is 10.1. The number of rotatable bonds is 5. The maximum absolute atomic E-state index is 11.6. The first kappa shape index (κ1) is 14.9. The largest absolute Gasteiger partial charge is 0.465 e. The number of hydrogen-bond donors (Lipinski definition) is 1. The number of aryl methyl sites for hydroxylation is 2. The molecule has 0 saturated heterocycles. The second kappa shape index (κ2) is 6.15. The maximum Gasteiger partial charge on any atom is 0.326 e. The van der Waals surface area contributed by atoms with Crippen LogP contribution in [0.5, 0.6) is 0 Å². The lowest BCUT2D eigenvalue weighted by Crippen LogP contribution is -2.48. The number of carbonyl (C=O) groups excluding carboxylic acids is 1. The molecule has 0 spiro atoms. The molecule has 6 heteroatoms. The second-order valence-electron chi connectivity index (χ2n) is 4.36. The van der Waals surface area contributed by atoms with Crippen LogP contribution in [0.4, 0.5) is 0 Å². The molecule has 0 bridgehead atoms. The number of hydrogen-bond acceptors (Lipinski definition) is 6. The van der Waals surface area contributed by atoms with E-state index in [1.165, 1.54) is 11.8 Å². The number of nitrogens with zero attached hydrogens (tertiary/aromatic N) is 2. The molecule has 0 aliphatic rings. The summed E-state index contributed by atoms with van der Waals surface area (Å²) in [5, 5.41) is 0.633. The standard InChI is InChI=1S/C12H19N3O2S/c1-5-17-10(16)12(4,13)7-18-11-14-8(2)6-9(3)15-11/h6H,5,7,13H2,1-4H3. The van der Waals surface area contributed by atoms with Crippen molar-refractivity contribution in [2.24, 2.45) is 5.73 Å². The molecule has 1 rings (SSSR count). The van der Waals surface area contributed by atoms with Crippen LogP contribution < -0.4 is 5.73 Å². The molecule has 1 unspecified atom stereocenters. The quantitative estimate of drug-likeness (QED) is 0.495. The molecule has 1 aromatic heterocycles. The van der Waals surface area contributed by atoms with Crippen LogP contribution >= 0.6 is 11.8 Å². The average Bonchev–Trinajstić information content (AvgIpc) is 2.25. The average molecular weight is 269 g/mol. The van der Waals surface area contributed by atoms with Gasteiger partial charge in [0.05, 0.1) is 6.61 Å². The van der Waals surface area contributed by atoms with Gasteiger partial charge in [-0.15, -0.1) is 0 Å². The molecule has 0 fully saturated rings. The zero-order valence-electron chi connectivity index (χ0n) is 11.2. The number of carbonyl (C=O) groups is 1. The molecular weight excluding hydrogens is 250 g/mol. The Labute approximate surface area is 112 Å². The summed E-state index contributed by atoms with van der Waals surface area (Å²) in [7, 11) is 0. The minimum atomic E-state index is -1.03. The fourth-order valence-corrected chi connectivity index (χ4v) is 2.29. The molecule has 0 aliphatic carbocycles. The monoisotopic (exact) mass is 269 g/mol. The molecule has 100 valence electrons. The Bertz CT molecular complexity index is 415. The number of thioether (sulfide) groups is 1. The maximum atomic E-state index is 11.6. The molecule has 0 aliphatic heterocycles. The minimum Gasteiger partial charge on any atom is -0.465 e. The van der Waals surface area contributed by atoms with Gasteiger partial charge in [-0.3, -0.25) is 4.79 Å². The smallest absolute Gasteiger partial charge is 0.326 e. The van der Waals surface area contributed by atoms with Crippen LogP contribution in [0.2, 0.25) is 0 Å². The molecule has 1 atom stereocenters. The van der Waals surface area contributed by atoms with Gasteiger partial charge < -0.3 is 10.5 Å². The molecule has 0 radical (unpaired) electrons. The predicted octanol–water partition coefficient (Wildman–Crippen LogP) is 1.47. The van der Waals surface area contributed by atoms with E-state index >= 15 is 0 Å². The summed E-state index contributed by atoms with van der Waals surface area (Å²) < 4.78 is 4.92. The number of aromatic nitrogens is 2. The van der Waals surface area contributed by atoms with Gasteiger partial charge in [-0.1, -0.05) is 11.8 Å². The lowest BCUT2D eigenvalue weighted by molar-refractivity contribution is -0.148. The van der Waals surface area contributed by atoms with Crippen molar-refractivity contribution < 1.29 is 9.53 Å². The van der Waals surface area contributed by atoms with Crippen molar-refractivity contribution >= 4 is 17.7 Å². The molecule has 1 heterocycles. The number of esters is 1. The predicted molar refractivity (Wildman–Crippen MR) is 71.5 cm³/mol. The van der Waals surface area contributed by atoms with Crippen LogP contribution in [-0.2, 0) is 9.53 Å². The molecule has 0 saturated carbocycles. The van der Waals surface area contributed by atoms with Crippen LogP contribution in [0.25, 0.3) is 0 Å². The summed E-state index contributed by atoms with van der Waals surface area (Å²) in [4.78, 5) is 20.2. The van der Waals surface area contributed by atoms with Gasteiger partial charge in [0.15, 0.2) is 5.16 Å². The Morgan fingerprint density at radius 1 is 1.44 bits per heavy atom. The molecule has 2 N–H and O–H groups in total. The van der Waals surface area contributed by atoms with E-state index in [0.717, 1.165) is 11.4 Å². The summed E-state index contributed by atoms with van der Waals surface area (Å²) in [6, 6.07) is 1.90. The Hall–Kier alpha value is -1.14. The van der Waals surface area contributed by atoms with Gasteiger partial charge in [-0.25, -0.2) is 9.97 Å². The van der Waals surface area contributed by atoms with E-state index in [4.69, 9.17) is 10.5 Å². The van der Waals surface area contributed by atoms with Crippen molar-refractivity contribution in [3.05, 3.63) is 17.5 Å². The highest BCUT2D eigenvalue weighted by molar-refractivity contribution is 7.99. The lowest BCUT2D eigenvalue weighted by Gasteiger charge is -2.21. The zero-order valence-corrected chi connectivity index (χ0v) is 12.0. The Balaban J connectivity index is 2.66. The summed E-state index contributed by atoms with van der Waals surface area (Å²) in [6.45, 7) is 7.56. The highest BCUT2D eigenvalue weighted by Gasteiger charge is 2.30. The van der Waals surface area contributed by atoms with E-state index < -0.39 is 11.5 Å². The Morgan fingerprint density at radius 2 is 2.00 bits per heavy atom. The molecule has 5 nitrogen and oxygen atoms in total. The normalized spacial score (nSPS) is 14.1. The van der Waals surface area contributed by atoms with E-state index in [-0.39, 0.29) is 0 Å². The van der Waals surface area contributed by atoms with Crippen LogP contribution in [-0.4, -0.2) is 33.8 Å². The highest BCUT2D eigenvalue weighted by atomic mass is 32.2. The van der Waals surface area contributed by atoms with Crippen LogP contribution in [0.3, 0.4) is 0 Å². The molecule has 1 aromatic rings. The van der Waals surface area contributed by atoms with E-state index in [0.29, 0.717) is 17.5 Å². The zero-order chi connectivity index (χ0) is 13.8. The molecule has 0 amide bonds. The summed E-state index contributed by atoms with van der Waals surface area (Å²) in [6.07, 6.45) is 0. The molecule has 0 aromatic carbocycles. The first-order chi connectivity index (χ1) is 8.35. The third-order valence-corrected chi connectivity index (χ3v) is 3.39. The van der Waals surface area contributed by atoms with Crippen molar-refractivity contribution in [2.75, 3.05) is 12.4 Å². The van der Waals surface area contributed by atoms with Gasteiger partial charge in [-0.05, 0) is 33.8 Å². The molecule has 18 heavy (non-hydrogen) atoms. The Morgan fingerprint density at radius 3 is 2.50 bits per heavy atom. The van der Waals surface area contributed by atoms with Crippen molar-refractivity contribution in [2.45, 2.75) is 38.4 Å². The van der Waals surface area contributed by atoms with E-state index in [2.05, 4.69) is 9.97 Å². The SMILES string of the molecule is CCOC(=O)C(C)(N)CSc1nc(C)cc(C)n1. The van der Waals surface area contributed by atoms with Gasteiger partial charge >= 0.3 is 5.97 Å². The Kier molecular flexibility index (Phi) is 5.10. The second-order valence-corrected chi connectivity index (χ2v) is 5.30. The molecular formula is C12H19N3O2S. The number of ether oxygens (including phenoxy) is 1. The minimum absolute atomic E-state index is 0.330. The fraction of sp³-hybridized carbons (Fsp3) is 0.583. The van der Waals surface area contributed by atoms with Gasteiger partial charge in [0, 0.05) is 17.1 Å². The van der Waals surface area contributed by atoms with E-state index in [1.54, 1.807) is 13.8 Å². The fourth-order valence-electron chi connectivity index (χ4n) is 1.33. The van der Waals surface area contributed by atoms with Crippen molar-refractivity contribution in [1.29, 1.82) is 0 Å². The van der Waals surface area contributed by atoms with Crippen LogP contribution in [0.15, 0.2) is 11.2 Å². The van der Waals surface area contributed by atoms with Crippen molar-refractivity contribution in [1.82, 2.24) is 9.97 Å². The van der Waals surface area contributed by atoms with Crippen LogP contribution in [0.1, 0.15) is 25.2 Å². The third kappa shape index (κ3) is 4.27. The van der Waals surface area contributed by atoms with Crippen molar-refractivity contribution in [3.63, 3.8) is 0 Å². The van der Waals surface area contributed by atoms with Crippen LogP contribution in [0, 0.1) is 13.8 Å². The third-order valence-electron chi connectivity index (χ3n) is 2.20. The van der Waals surface area contributed by atoms with E-state index in [1.807, 2.05) is 19.9 Å². The van der Waals surface area contributed by atoms with Gasteiger partial charge in [0.2, 0.25) is 0 Å². The summed E-state index contributed by atoms with van der Waals surface area (Å²) >= 11 is 1.36.